The lowest BCUT2D eigenvalue weighted by Gasteiger charge is -2.38. The third kappa shape index (κ3) is 5.42. The first-order valence-electron chi connectivity index (χ1n) is 12.8. The van der Waals surface area contributed by atoms with E-state index in [1.165, 1.54) is 19.2 Å². The number of pyridine rings is 1. The molecule has 0 radical (unpaired) electrons. The normalized spacial score (nSPS) is 17.8. The molecule has 2 amide bonds. The first kappa shape index (κ1) is 26.5. The van der Waals surface area contributed by atoms with Crippen molar-refractivity contribution in [3.05, 3.63) is 47.4 Å². The molecule has 2 fully saturated rings. The molecule has 2 aromatic heterocycles. The van der Waals surface area contributed by atoms with Crippen molar-refractivity contribution in [1.82, 2.24) is 20.1 Å². The third-order valence-electron chi connectivity index (χ3n) is 7.27. The molecule has 10 heteroatoms. The molecule has 2 aromatic rings. The molecular formula is C27H36FN7O2. The zero-order valence-corrected chi connectivity index (χ0v) is 22.1. The average molecular weight is 510 g/mol. The van der Waals surface area contributed by atoms with Gasteiger partial charge in [0.1, 0.15) is 16.9 Å². The summed E-state index contributed by atoms with van der Waals surface area (Å²) >= 11 is 0. The molecule has 2 saturated carbocycles. The van der Waals surface area contributed by atoms with Gasteiger partial charge >= 0.3 is 0 Å². The Hall–Kier alpha value is -3.56. The van der Waals surface area contributed by atoms with E-state index in [-0.39, 0.29) is 46.2 Å². The summed E-state index contributed by atoms with van der Waals surface area (Å²) in [6.45, 7) is 8.74. The number of amides is 2. The summed E-state index contributed by atoms with van der Waals surface area (Å²) in [4.78, 5) is 31.4. The lowest BCUT2D eigenvalue weighted by atomic mass is 9.77. The number of allylic oxidation sites excluding steroid dienone is 2. The molecule has 0 spiro atoms. The first-order chi connectivity index (χ1) is 17.4. The van der Waals surface area contributed by atoms with Crippen molar-refractivity contribution in [3.8, 4) is 0 Å². The molecule has 0 bridgehead atoms. The molecule has 2 aliphatic rings. The van der Waals surface area contributed by atoms with Crippen LogP contribution in [-0.2, 0) is 4.79 Å². The van der Waals surface area contributed by atoms with Crippen LogP contribution in [0.15, 0.2) is 30.2 Å². The topological polar surface area (TPSA) is 139 Å². The monoisotopic (exact) mass is 509 g/mol. The van der Waals surface area contributed by atoms with E-state index in [1.54, 1.807) is 30.8 Å². The number of halogens is 1. The predicted octanol–water partition coefficient (Wildman–Crippen LogP) is 4.29. The molecule has 37 heavy (non-hydrogen) atoms. The fourth-order valence-electron chi connectivity index (χ4n) is 5.35. The first-order valence-corrected chi connectivity index (χ1v) is 12.8. The highest BCUT2D eigenvalue weighted by molar-refractivity contribution is 6.21. The number of aromatic nitrogens is 3. The Morgan fingerprint density at radius 2 is 1.84 bits per heavy atom. The van der Waals surface area contributed by atoms with Crippen LogP contribution in [0.3, 0.4) is 0 Å². The summed E-state index contributed by atoms with van der Waals surface area (Å²) in [7, 11) is 0. The van der Waals surface area contributed by atoms with Crippen molar-refractivity contribution in [3.63, 3.8) is 0 Å². The van der Waals surface area contributed by atoms with E-state index in [9.17, 15) is 9.59 Å². The van der Waals surface area contributed by atoms with E-state index in [1.807, 2.05) is 13.8 Å². The van der Waals surface area contributed by atoms with Crippen LogP contribution >= 0.6 is 0 Å². The van der Waals surface area contributed by atoms with Crippen LogP contribution in [0.5, 0.6) is 0 Å². The Kier molecular flexibility index (Phi) is 7.21. The van der Waals surface area contributed by atoms with Gasteiger partial charge in [-0.3, -0.25) is 19.3 Å². The van der Waals surface area contributed by atoms with Crippen LogP contribution < -0.4 is 16.4 Å². The van der Waals surface area contributed by atoms with Gasteiger partial charge in [0.25, 0.3) is 5.91 Å². The summed E-state index contributed by atoms with van der Waals surface area (Å²) in [5.41, 5.74) is 5.73. The van der Waals surface area contributed by atoms with Gasteiger partial charge in [0.15, 0.2) is 5.82 Å². The molecule has 0 aromatic carbocycles. The second-order valence-electron chi connectivity index (χ2n) is 10.8. The highest BCUT2D eigenvalue weighted by Gasteiger charge is 2.55. The maximum Gasteiger partial charge on any atom is 0.270 e. The van der Waals surface area contributed by atoms with Crippen LogP contribution in [0.1, 0.15) is 82.5 Å². The van der Waals surface area contributed by atoms with E-state index >= 15 is 4.39 Å². The van der Waals surface area contributed by atoms with Crippen LogP contribution in [-0.4, -0.2) is 37.8 Å². The minimum Gasteiger partial charge on any atom is -0.402 e. The van der Waals surface area contributed by atoms with Gasteiger partial charge in [-0.15, -0.1) is 0 Å². The fourth-order valence-corrected chi connectivity index (χ4v) is 5.35. The number of carbonyl (C=O) groups is 2. The minimum absolute atomic E-state index is 0.0215. The van der Waals surface area contributed by atoms with Gasteiger partial charge < -0.3 is 21.8 Å². The number of carbonyl (C=O) groups excluding carboxylic acids is 2. The Bertz CT molecular complexity index is 1240. The van der Waals surface area contributed by atoms with Crippen molar-refractivity contribution in [2.75, 3.05) is 5.32 Å². The van der Waals surface area contributed by atoms with Crippen LogP contribution in [0.25, 0.3) is 5.57 Å². The second kappa shape index (κ2) is 10.1. The van der Waals surface area contributed by atoms with Gasteiger partial charge in [0, 0.05) is 35.3 Å². The Morgan fingerprint density at radius 3 is 2.32 bits per heavy atom. The van der Waals surface area contributed by atoms with E-state index in [4.69, 9.17) is 11.1 Å². The van der Waals surface area contributed by atoms with Gasteiger partial charge in [-0.2, -0.15) is 5.10 Å². The van der Waals surface area contributed by atoms with Crippen molar-refractivity contribution < 1.29 is 14.0 Å². The predicted molar refractivity (Wildman–Crippen MR) is 140 cm³/mol. The van der Waals surface area contributed by atoms with Gasteiger partial charge in [0.2, 0.25) is 5.91 Å². The molecule has 2 aliphatic carbocycles. The Labute approximate surface area is 216 Å². The molecule has 1 unspecified atom stereocenters. The molecule has 4 rings (SSSR count). The number of nitrogens with one attached hydrogen (secondary N) is 3. The minimum atomic E-state index is -1.22. The highest BCUT2D eigenvalue weighted by Crippen LogP contribution is 2.53. The fraction of sp³-hybridized carbons (Fsp3) is 0.519. The van der Waals surface area contributed by atoms with Gasteiger partial charge in [-0.25, -0.2) is 4.39 Å². The molecule has 198 valence electrons. The number of hydrogen-bond acceptors (Lipinski definition) is 6. The molecular weight excluding hydrogens is 473 g/mol. The number of nitrogens with two attached hydrogens (primary N) is 1. The van der Waals surface area contributed by atoms with Crippen molar-refractivity contribution in [2.24, 2.45) is 23.5 Å². The van der Waals surface area contributed by atoms with Gasteiger partial charge in [-0.05, 0) is 84.1 Å². The Morgan fingerprint density at radius 1 is 1.22 bits per heavy atom. The number of hydrogen-bond donors (Lipinski definition) is 4. The quantitative estimate of drug-likeness (QED) is 0.354. The standard InChI is InChI=1S/C27H36FN7O2/c1-14(2)35-21(10-11-32-35)25(36)34-27(5,23(17-6-7-17)18-8-9-18)26(37)33-19-12-20(28)24(31-13-19)22(15(3)29)16(4)30/h10-14,17-18,23,29H,6-9,30H2,1-5H3,(H,33,37)(H,34,36). The molecule has 0 aliphatic heterocycles. The smallest absolute Gasteiger partial charge is 0.270 e. The molecule has 9 nitrogen and oxygen atoms in total. The molecule has 1 atom stereocenters. The zero-order valence-electron chi connectivity index (χ0n) is 22.1. The summed E-state index contributed by atoms with van der Waals surface area (Å²) in [5.74, 6) is -0.804. The van der Waals surface area contributed by atoms with Crippen LogP contribution in [0.4, 0.5) is 10.1 Å². The summed E-state index contributed by atoms with van der Waals surface area (Å²) in [5, 5.41) is 18.0. The third-order valence-corrected chi connectivity index (χ3v) is 7.27. The maximum atomic E-state index is 15.0. The summed E-state index contributed by atoms with van der Waals surface area (Å²) in [6, 6.07) is 2.79. The maximum absolute atomic E-state index is 15.0. The number of rotatable bonds is 10. The number of anilines is 1. The van der Waals surface area contributed by atoms with Crippen molar-refractivity contribution in [2.45, 2.75) is 71.9 Å². The van der Waals surface area contributed by atoms with E-state index < -0.39 is 17.3 Å². The van der Waals surface area contributed by atoms with Crippen LogP contribution in [0, 0.1) is 29.0 Å². The Balaban J connectivity index is 1.64. The average Bonchev–Trinajstić information content (AvgIpc) is 3.75. The lowest BCUT2D eigenvalue weighted by Crippen LogP contribution is -2.60. The SMILES string of the molecule is CC(=N)C(=C(C)N)c1ncc(NC(=O)C(C)(NC(=O)c2ccnn2C(C)C)C(C2CC2)C2CC2)cc1F. The number of nitrogens with zero attached hydrogens (tertiary/aromatic N) is 3. The largest absolute Gasteiger partial charge is 0.402 e. The van der Waals surface area contributed by atoms with E-state index in [2.05, 4.69) is 20.7 Å². The van der Waals surface area contributed by atoms with Crippen molar-refractivity contribution in [1.29, 1.82) is 5.41 Å². The molecule has 0 saturated heterocycles. The second-order valence-corrected chi connectivity index (χ2v) is 10.8. The van der Waals surface area contributed by atoms with E-state index in [0.717, 1.165) is 25.7 Å². The summed E-state index contributed by atoms with van der Waals surface area (Å²) in [6.07, 6.45) is 7.00. The molecule has 2 heterocycles. The lowest BCUT2D eigenvalue weighted by molar-refractivity contribution is -0.124. The van der Waals surface area contributed by atoms with E-state index in [0.29, 0.717) is 17.5 Å². The highest BCUT2D eigenvalue weighted by atomic mass is 19.1. The van der Waals surface area contributed by atoms with Crippen LogP contribution in [0.2, 0.25) is 0 Å². The van der Waals surface area contributed by atoms with Gasteiger partial charge in [-0.1, -0.05) is 0 Å². The van der Waals surface area contributed by atoms with Gasteiger partial charge in [0.05, 0.1) is 11.9 Å². The van der Waals surface area contributed by atoms with Crippen molar-refractivity contribution >= 4 is 28.8 Å². The summed E-state index contributed by atoms with van der Waals surface area (Å²) < 4.78 is 16.7. The zero-order chi connectivity index (χ0) is 27.1. The molecule has 5 N–H and O–H groups in total.